The quantitative estimate of drug-likeness (QED) is 0.231. The molecule has 10 nitrogen and oxygen atoms in total. The molecule has 2 unspecified atom stereocenters. The van der Waals surface area contributed by atoms with Crippen LogP contribution in [0.25, 0.3) is 0 Å². The maximum absolute atomic E-state index is 10.1. The molecule has 0 aliphatic rings. The van der Waals surface area contributed by atoms with Gasteiger partial charge < -0.3 is 40.4 Å². The lowest BCUT2D eigenvalue weighted by Gasteiger charge is -2.14. The Kier molecular flexibility index (Phi) is 9.39. The van der Waals surface area contributed by atoms with E-state index in [0.717, 1.165) is 0 Å². The van der Waals surface area contributed by atoms with Crippen LogP contribution >= 0.6 is 7.60 Å². The fraction of sp³-hybridized carbons (Fsp3) is 0.833. The lowest BCUT2D eigenvalue weighted by molar-refractivity contribution is -0.150. The zero-order valence-electron chi connectivity index (χ0n) is 8.49. The molecule has 0 radical (unpaired) electrons. The fourth-order valence-corrected chi connectivity index (χ4v) is 0.865. The van der Waals surface area contributed by atoms with Gasteiger partial charge in [0.1, 0.15) is 6.10 Å². The van der Waals surface area contributed by atoms with Crippen molar-refractivity contribution in [2.75, 3.05) is 13.2 Å². The SMILES string of the molecule is O=C(O)C(O)C(O)P(=O)(O)O.OCC(O)CO. The number of hydrogen-bond acceptors (Lipinski definition) is 7. The van der Waals surface area contributed by atoms with Crippen LogP contribution in [0.15, 0.2) is 0 Å². The van der Waals surface area contributed by atoms with Crippen molar-refractivity contribution in [2.24, 2.45) is 0 Å². The Morgan fingerprint density at radius 2 is 1.41 bits per heavy atom. The molecule has 0 bridgehead atoms. The highest BCUT2D eigenvalue weighted by Crippen LogP contribution is 2.41. The van der Waals surface area contributed by atoms with Gasteiger partial charge in [-0.2, -0.15) is 0 Å². The number of carbonyl (C=O) groups is 1. The van der Waals surface area contributed by atoms with Gasteiger partial charge in [-0.05, 0) is 0 Å². The molecule has 0 saturated carbocycles. The minimum atomic E-state index is -4.94. The van der Waals surface area contributed by atoms with Gasteiger partial charge in [0.05, 0.1) is 13.2 Å². The summed E-state index contributed by atoms with van der Waals surface area (Å²) < 4.78 is 10.1. The second-order valence-electron chi connectivity index (χ2n) is 2.80. The summed E-state index contributed by atoms with van der Waals surface area (Å²) in [6.45, 7) is -0.729. The maximum atomic E-state index is 10.1. The Morgan fingerprint density at radius 3 is 1.47 bits per heavy atom. The van der Waals surface area contributed by atoms with Gasteiger partial charge in [0.15, 0.2) is 11.9 Å². The van der Waals surface area contributed by atoms with Crippen molar-refractivity contribution < 1.29 is 49.8 Å². The Labute approximate surface area is 95.5 Å². The average molecular weight is 278 g/mol. The summed E-state index contributed by atoms with van der Waals surface area (Å²) >= 11 is 0. The monoisotopic (exact) mass is 278 g/mol. The molecule has 0 spiro atoms. The third kappa shape index (κ3) is 9.15. The van der Waals surface area contributed by atoms with Crippen molar-refractivity contribution in [1.82, 2.24) is 0 Å². The Bertz CT molecular complexity index is 258. The lowest BCUT2D eigenvalue weighted by atomic mass is 10.4. The molecular weight excluding hydrogens is 263 g/mol. The largest absolute Gasteiger partial charge is 0.479 e. The molecule has 0 fully saturated rings. The van der Waals surface area contributed by atoms with Crippen molar-refractivity contribution in [1.29, 1.82) is 0 Å². The van der Waals surface area contributed by atoms with Crippen molar-refractivity contribution in [2.45, 2.75) is 18.1 Å². The first-order chi connectivity index (χ1) is 7.57. The van der Waals surface area contributed by atoms with Crippen LogP contribution in [0.4, 0.5) is 0 Å². The normalized spacial score (nSPS) is 14.8. The van der Waals surface area contributed by atoms with Crippen molar-refractivity contribution >= 4 is 13.6 Å². The lowest BCUT2D eigenvalue weighted by Crippen LogP contribution is -2.33. The number of aliphatic carboxylic acids is 1. The van der Waals surface area contributed by atoms with E-state index in [9.17, 15) is 9.36 Å². The van der Waals surface area contributed by atoms with Crippen LogP contribution in [-0.4, -0.2) is 77.7 Å². The second kappa shape index (κ2) is 8.50. The van der Waals surface area contributed by atoms with Crippen LogP contribution in [0, 0.1) is 0 Å². The van der Waals surface area contributed by atoms with Crippen LogP contribution in [0.1, 0.15) is 0 Å². The van der Waals surface area contributed by atoms with E-state index in [1.54, 1.807) is 0 Å². The van der Waals surface area contributed by atoms with Gasteiger partial charge in [-0.1, -0.05) is 0 Å². The molecule has 0 aromatic heterocycles. The van der Waals surface area contributed by atoms with Gasteiger partial charge in [0.2, 0.25) is 0 Å². The highest BCUT2D eigenvalue weighted by Gasteiger charge is 2.37. The van der Waals surface area contributed by atoms with E-state index < -0.39 is 31.6 Å². The number of aliphatic hydroxyl groups excluding tert-OH is 5. The van der Waals surface area contributed by atoms with Gasteiger partial charge in [-0.25, -0.2) is 4.79 Å². The average Bonchev–Trinajstić information content (AvgIpc) is 2.25. The Hall–Kier alpha value is -0.580. The smallest absolute Gasteiger partial charge is 0.357 e. The molecule has 0 rings (SSSR count). The predicted molar refractivity (Wildman–Crippen MR) is 51.9 cm³/mol. The first-order valence-electron chi connectivity index (χ1n) is 4.11. The number of aliphatic hydroxyl groups is 5. The second-order valence-corrected chi connectivity index (χ2v) is 4.51. The number of carboxylic acid groups (broad SMARTS) is 1. The first kappa shape index (κ1) is 18.8. The number of carboxylic acids is 1. The third-order valence-electron chi connectivity index (χ3n) is 1.30. The van der Waals surface area contributed by atoms with E-state index in [2.05, 4.69) is 0 Å². The topological polar surface area (TPSA) is 196 Å². The standard InChI is InChI=1S/C3H7O7P.C3H8O3/c4-1(2(5)6)3(7)11(8,9)10;4-1-3(6)2-5/h1,3-4,7H,(H,5,6)(H2,8,9,10);3-6H,1-2H2. The summed E-state index contributed by atoms with van der Waals surface area (Å²) in [6.07, 6.45) is -3.42. The van der Waals surface area contributed by atoms with E-state index in [1.807, 2.05) is 0 Å². The molecule has 0 heterocycles. The van der Waals surface area contributed by atoms with Crippen LogP contribution in [-0.2, 0) is 9.36 Å². The minimum Gasteiger partial charge on any atom is -0.479 e. The fourth-order valence-electron chi connectivity index (χ4n) is 0.369. The summed E-state index contributed by atoms with van der Waals surface area (Å²) in [5.74, 6) is -4.46. The van der Waals surface area contributed by atoms with E-state index >= 15 is 0 Å². The van der Waals surface area contributed by atoms with Gasteiger partial charge >= 0.3 is 13.6 Å². The molecule has 104 valence electrons. The zero-order valence-corrected chi connectivity index (χ0v) is 9.38. The molecule has 0 aliphatic heterocycles. The molecule has 0 aromatic carbocycles. The summed E-state index contributed by atoms with van der Waals surface area (Å²) in [6, 6.07) is 0. The number of rotatable bonds is 5. The summed E-state index contributed by atoms with van der Waals surface area (Å²) in [7, 11) is -4.94. The predicted octanol–water partition coefficient (Wildman–Crippen LogP) is -3.74. The molecule has 11 heteroatoms. The summed E-state index contributed by atoms with van der Waals surface area (Å²) in [5.41, 5.74) is 0. The molecule has 2 atom stereocenters. The summed E-state index contributed by atoms with van der Waals surface area (Å²) in [4.78, 5) is 26.1. The molecule has 8 N–H and O–H groups in total. The van der Waals surface area contributed by atoms with E-state index in [0.29, 0.717) is 0 Å². The van der Waals surface area contributed by atoms with E-state index in [-0.39, 0.29) is 13.2 Å². The molecular formula is C6H15O10P. The van der Waals surface area contributed by atoms with Crippen LogP contribution < -0.4 is 0 Å². The van der Waals surface area contributed by atoms with Crippen molar-refractivity contribution in [3.05, 3.63) is 0 Å². The molecule has 0 amide bonds. The van der Waals surface area contributed by atoms with Gasteiger partial charge in [-0.15, -0.1) is 0 Å². The van der Waals surface area contributed by atoms with Crippen LogP contribution in [0.5, 0.6) is 0 Å². The van der Waals surface area contributed by atoms with Gasteiger partial charge in [0.25, 0.3) is 0 Å². The molecule has 0 saturated heterocycles. The maximum Gasteiger partial charge on any atom is 0.357 e. The van der Waals surface area contributed by atoms with Crippen molar-refractivity contribution in [3.63, 3.8) is 0 Å². The Balaban J connectivity index is 0. The highest BCUT2D eigenvalue weighted by atomic mass is 31.2. The van der Waals surface area contributed by atoms with E-state index in [4.69, 9.17) is 40.4 Å². The summed E-state index contributed by atoms with van der Waals surface area (Å²) in [5, 5.41) is 48.8. The van der Waals surface area contributed by atoms with Gasteiger partial charge in [-0.3, -0.25) is 4.57 Å². The molecule has 0 aliphatic carbocycles. The highest BCUT2D eigenvalue weighted by molar-refractivity contribution is 7.52. The molecule has 17 heavy (non-hydrogen) atoms. The van der Waals surface area contributed by atoms with Crippen molar-refractivity contribution in [3.8, 4) is 0 Å². The van der Waals surface area contributed by atoms with E-state index in [1.165, 1.54) is 0 Å². The zero-order chi connectivity index (χ0) is 14.2. The molecule has 0 aromatic rings. The number of hydrogen-bond donors (Lipinski definition) is 8. The van der Waals surface area contributed by atoms with Crippen LogP contribution in [0.2, 0.25) is 0 Å². The van der Waals surface area contributed by atoms with Gasteiger partial charge in [0, 0.05) is 0 Å². The van der Waals surface area contributed by atoms with Crippen LogP contribution in [0.3, 0.4) is 0 Å². The third-order valence-corrected chi connectivity index (χ3v) is 2.27. The Morgan fingerprint density at radius 1 is 1.06 bits per heavy atom. The minimum absolute atomic E-state index is 0.365. The first-order valence-corrected chi connectivity index (χ1v) is 5.80.